The second kappa shape index (κ2) is 42.8. The third kappa shape index (κ3) is 40.1. The van der Waals surface area contributed by atoms with Crippen molar-refractivity contribution in [3.8, 4) is 0 Å². The molecule has 0 aromatic carbocycles. The monoisotopic (exact) mass is 725 g/mol. The predicted octanol–water partition coefficient (Wildman–Crippen LogP) is 13.7. The van der Waals surface area contributed by atoms with E-state index in [1.54, 1.807) is 0 Å². The van der Waals surface area contributed by atoms with Crippen LogP contribution in [0.25, 0.3) is 0 Å². The molecule has 0 bridgehead atoms. The average Bonchev–Trinajstić information content (AvgIpc) is 3.15. The number of unbranched alkanes of at least 4 members (excludes halogenated alkanes) is 18. The number of ether oxygens (including phenoxy) is 2. The smallest absolute Gasteiger partial charge is 0.306 e. The van der Waals surface area contributed by atoms with Gasteiger partial charge in [0.25, 0.3) is 0 Å². The number of hydrogen-bond donors (Lipinski definition) is 1. The standard InChI is InChI=1S/C47H80O5/c1-3-5-7-9-11-13-15-17-19-21-22-23-24-26-28-30-32-34-36-38-40-42-47(50)52-45(43-48)44-51-46(49)41-39-37-35-33-31-29-27-25-20-18-16-14-12-10-8-6-4-2/h5,7,11,13,17-20,22-23,26,28,45,48H,3-4,6,8-10,12,14-16,21,24-25,27,29-44H2,1-2H3/b7-5-,13-11-,19-17-,20-18-,23-22-,28-26-. The highest BCUT2D eigenvalue weighted by molar-refractivity contribution is 5.70. The highest BCUT2D eigenvalue weighted by Gasteiger charge is 2.16. The Balaban J connectivity index is 3.62. The van der Waals surface area contributed by atoms with E-state index < -0.39 is 6.10 Å². The molecule has 1 unspecified atom stereocenters. The lowest BCUT2D eigenvalue weighted by atomic mass is 10.1. The van der Waals surface area contributed by atoms with E-state index in [1.807, 2.05) is 0 Å². The quantitative estimate of drug-likeness (QED) is 0.0390. The Morgan fingerprint density at radius 3 is 1.27 bits per heavy atom. The van der Waals surface area contributed by atoms with Crippen molar-refractivity contribution in [3.63, 3.8) is 0 Å². The Labute approximate surface area is 321 Å². The predicted molar refractivity (Wildman–Crippen MR) is 223 cm³/mol. The Morgan fingerprint density at radius 2 is 0.827 bits per heavy atom. The molecule has 5 nitrogen and oxygen atoms in total. The van der Waals surface area contributed by atoms with Gasteiger partial charge in [-0.25, -0.2) is 0 Å². The molecule has 0 aromatic heterocycles. The van der Waals surface area contributed by atoms with Crippen molar-refractivity contribution >= 4 is 11.9 Å². The van der Waals surface area contributed by atoms with Crippen molar-refractivity contribution in [3.05, 3.63) is 72.9 Å². The molecule has 1 atom stereocenters. The van der Waals surface area contributed by atoms with Crippen LogP contribution >= 0.6 is 0 Å². The molecule has 0 heterocycles. The first-order chi connectivity index (χ1) is 25.6. The van der Waals surface area contributed by atoms with Gasteiger partial charge < -0.3 is 14.6 Å². The topological polar surface area (TPSA) is 72.8 Å². The summed E-state index contributed by atoms with van der Waals surface area (Å²) in [5, 5.41) is 9.58. The fourth-order valence-corrected chi connectivity index (χ4v) is 5.75. The first-order valence-corrected chi connectivity index (χ1v) is 21.5. The molecule has 0 aliphatic carbocycles. The lowest BCUT2D eigenvalue weighted by Gasteiger charge is -2.15. The number of carbonyl (C=O) groups is 2. The summed E-state index contributed by atoms with van der Waals surface area (Å²) >= 11 is 0. The zero-order valence-corrected chi connectivity index (χ0v) is 33.8. The van der Waals surface area contributed by atoms with E-state index in [9.17, 15) is 14.7 Å². The van der Waals surface area contributed by atoms with Crippen LogP contribution < -0.4 is 0 Å². The highest BCUT2D eigenvalue weighted by atomic mass is 16.6. The summed E-state index contributed by atoms with van der Waals surface area (Å²) in [4.78, 5) is 24.3. The largest absolute Gasteiger partial charge is 0.462 e. The van der Waals surface area contributed by atoms with Crippen molar-refractivity contribution in [2.75, 3.05) is 13.2 Å². The maximum Gasteiger partial charge on any atom is 0.306 e. The van der Waals surface area contributed by atoms with Crippen molar-refractivity contribution in [2.24, 2.45) is 0 Å². The summed E-state index contributed by atoms with van der Waals surface area (Å²) in [5.74, 6) is -0.620. The molecule has 298 valence electrons. The lowest BCUT2D eigenvalue weighted by Crippen LogP contribution is -2.28. The molecule has 0 fully saturated rings. The van der Waals surface area contributed by atoms with Crippen LogP contribution in [0.3, 0.4) is 0 Å². The van der Waals surface area contributed by atoms with Crippen molar-refractivity contribution < 1.29 is 24.2 Å². The lowest BCUT2D eigenvalue weighted by molar-refractivity contribution is -0.161. The minimum atomic E-state index is -0.787. The SMILES string of the molecule is CC/C=C\C/C=C\C/C=C\C/C=C\C/C=C\CCCCCCCC(=O)OC(CO)COC(=O)CCCCCCCCC/C=C\CCCCCCCC. The number of esters is 2. The summed E-state index contributed by atoms with van der Waals surface area (Å²) in [6.07, 6.45) is 56.8. The molecule has 52 heavy (non-hydrogen) atoms. The van der Waals surface area contributed by atoms with E-state index in [2.05, 4.69) is 86.8 Å². The number of hydrogen-bond acceptors (Lipinski definition) is 5. The van der Waals surface area contributed by atoms with Crippen LogP contribution in [0.5, 0.6) is 0 Å². The first-order valence-electron chi connectivity index (χ1n) is 21.5. The Morgan fingerprint density at radius 1 is 0.462 bits per heavy atom. The summed E-state index contributed by atoms with van der Waals surface area (Å²) in [6, 6.07) is 0. The maximum absolute atomic E-state index is 12.2. The summed E-state index contributed by atoms with van der Waals surface area (Å²) in [6.45, 7) is 4.00. The first kappa shape index (κ1) is 49.3. The molecule has 0 aliphatic rings. The van der Waals surface area contributed by atoms with Gasteiger partial charge >= 0.3 is 11.9 Å². The minimum absolute atomic E-state index is 0.0791. The minimum Gasteiger partial charge on any atom is -0.462 e. The van der Waals surface area contributed by atoms with E-state index in [4.69, 9.17) is 9.47 Å². The average molecular weight is 725 g/mol. The summed E-state index contributed by atoms with van der Waals surface area (Å²) < 4.78 is 10.6. The third-order valence-electron chi connectivity index (χ3n) is 8.98. The van der Waals surface area contributed by atoms with E-state index >= 15 is 0 Å². The van der Waals surface area contributed by atoms with Gasteiger partial charge in [-0.2, -0.15) is 0 Å². The van der Waals surface area contributed by atoms with Gasteiger partial charge in [0.2, 0.25) is 0 Å². The zero-order valence-electron chi connectivity index (χ0n) is 33.8. The molecule has 5 heteroatoms. The Bertz CT molecular complexity index is 957. The van der Waals surface area contributed by atoms with E-state index in [0.29, 0.717) is 12.8 Å². The molecule has 0 aliphatic heterocycles. The molecule has 0 spiro atoms. The van der Waals surface area contributed by atoms with E-state index in [-0.39, 0.29) is 25.2 Å². The maximum atomic E-state index is 12.2. The normalized spacial score (nSPS) is 12.9. The van der Waals surface area contributed by atoms with Crippen LogP contribution in [-0.4, -0.2) is 36.4 Å². The van der Waals surface area contributed by atoms with Gasteiger partial charge in [-0.05, 0) is 83.5 Å². The van der Waals surface area contributed by atoms with Gasteiger partial charge in [0, 0.05) is 12.8 Å². The molecular formula is C47H80O5. The number of aliphatic hydroxyl groups excluding tert-OH is 1. The number of rotatable bonds is 38. The van der Waals surface area contributed by atoms with Crippen LogP contribution in [0.15, 0.2) is 72.9 Å². The fraction of sp³-hybridized carbons (Fsp3) is 0.702. The molecule has 0 saturated heterocycles. The number of carbonyl (C=O) groups excluding carboxylic acids is 2. The van der Waals surface area contributed by atoms with Gasteiger partial charge in [-0.3, -0.25) is 9.59 Å². The molecular weight excluding hydrogens is 645 g/mol. The highest BCUT2D eigenvalue weighted by Crippen LogP contribution is 2.13. The molecule has 0 amide bonds. The van der Waals surface area contributed by atoms with Gasteiger partial charge in [0.15, 0.2) is 6.10 Å². The van der Waals surface area contributed by atoms with Crippen LogP contribution in [0.4, 0.5) is 0 Å². The van der Waals surface area contributed by atoms with Gasteiger partial charge in [0.05, 0.1) is 6.61 Å². The molecule has 1 N–H and O–H groups in total. The van der Waals surface area contributed by atoms with Crippen LogP contribution in [0.2, 0.25) is 0 Å². The second-order valence-electron chi connectivity index (χ2n) is 14.0. The third-order valence-corrected chi connectivity index (χ3v) is 8.98. The van der Waals surface area contributed by atoms with Crippen LogP contribution in [0, 0.1) is 0 Å². The molecule has 0 saturated carbocycles. The van der Waals surface area contributed by atoms with Gasteiger partial charge in [-0.1, -0.05) is 170 Å². The van der Waals surface area contributed by atoms with E-state index in [0.717, 1.165) is 89.9 Å². The molecule has 0 aromatic rings. The van der Waals surface area contributed by atoms with Crippen molar-refractivity contribution in [2.45, 2.75) is 200 Å². The fourth-order valence-electron chi connectivity index (χ4n) is 5.75. The van der Waals surface area contributed by atoms with Crippen LogP contribution in [0.1, 0.15) is 194 Å². The van der Waals surface area contributed by atoms with Crippen molar-refractivity contribution in [1.82, 2.24) is 0 Å². The Kier molecular flexibility index (Phi) is 40.6. The second-order valence-corrected chi connectivity index (χ2v) is 14.0. The molecule has 0 rings (SSSR count). The van der Waals surface area contributed by atoms with Crippen molar-refractivity contribution in [1.29, 1.82) is 0 Å². The Hall–Kier alpha value is -2.66. The van der Waals surface area contributed by atoms with Gasteiger partial charge in [0.1, 0.15) is 6.61 Å². The number of allylic oxidation sites excluding steroid dienone is 12. The zero-order chi connectivity index (χ0) is 37.8. The molecule has 0 radical (unpaired) electrons. The van der Waals surface area contributed by atoms with Crippen LogP contribution in [-0.2, 0) is 19.1 Å². The summed E-state index contributed by atoms with van der Waals surface area (Å²) in [7, 11) is 0. The van der Waals surface area contributed by atoms with Gasteiger partial charge in [-0.15, -0.1) is 0 Å². The summed E-state index contributed by atoms with van der Waals surface area (Å²) in [5.41, 5.74) is 0. The number of aliphatic hydroxyl groups is 1. The van der Waals surface area contributed by atoms with E-state index in [1.165, 1.54) is 77.0 Å².